The minimum Gasteiger partial charge on any atom is -0.355 e. The molecular formula is C20H22ClN3OS. The molecule has 0 fully saturated rings. The zero-order valence-electron chi connectivity index (χ0n) is 14.8. The van der Waals surface area contributed by atoms with E-state index in [2.05, 4.69) is 5.32 Å². The molecule has 0 spiro atoms. The van der Waals surface area contributed by atoms with E-state index in [0.717, 1.165) is 41.0 Å². The molecule has 1 aliphatic rings. The highest BCUT2D eigenvalue weighted by molar-refractivity contribution is 7.18. The number of rotatable bonds is 5. The third-order valence-electron chi connectivity index (χ3n) is 5.00. The summed E-state index contributed by atoms with van der Waals surface area (Å²) in [5.41, 5.74) is 2.56. The maximum Gasteiger partial charge on any atom is 0.263 e. The number of fused-ring (bicyclic) bond motifs is 3. The Balaban J connectivity index is 1.62. The van der Waals surface area contributed by atoms with Gasteiger partial charge < -0.3 is 5.32 Å². The smallest absolute Gasteiger partial charge is 0.263 e. The SMILES string of the molecule is CCn1c(NCCc2ccc(Cl)cc2)nc2sc3c(c2c1=O)CCCC3. The van der Waals surface area contributed by atoms with E-state index < -0.39 is 0 Å². The highest BCUT2D eigenvalue weighted by Crippen LogP contribution is 2.34. The molecule has 0 amide bonds. The lowest BCUT2D eigenvalue weighted by Crippen LogP contribution is -2.25. The van der Waals surface area contributed by atoms with Crippen LogP contribution in [0.15, 0.2) is 29.1 Å². The van der Waals surface area contributed by atoms with E-state index in [9.17, 15) is 4.79 Å². The summed E-state index contributed by atoms with van der Waals surface area (Å²) in [4.78, 5) is 20.1. The summed E-state index contributed by atoms with van der Waals surface area (Å²) in [6.45, 7) is 3.35. The molecule has 26 heavy (non-hydrogen) atoms. The van der Waals surface area contributed by atoms with Crippen molar-refractivity contribution in [3.05, 3.63) is 55.6 Å². The molecule has 4 nitrogen and oxygen atoms in total. The topological polar surface area (TPSA) is 46.9 Å². The number of thiophene rings is 1. The second kappa shape index (κ2) is 7.41. The first-order valence-electron chi connectivity index (χ1n) is 9.20. The molecule has 1 aromatic carbocycles. The molecule has 3 aromatic rings. The highest BCUT2D eigenvalue weighted by atomic mass is 35.5. The molecule has 2 heterocycles. The second-order valence-electron chi connectivity index (χ2n) is 6.68. The van der Waals surface area contributed by atoms with Gasteiger partial charge in [0.25, 0.3) is 5.56 Å². The molecule has 1 aliphatic carbocycles. The number of hydrogen-bond donors (Lipinski definition) is 1. The number of aryl methyl sites for hydroxylation is 2. The van der Waals surface area contributed by atoms with E-state index in [0.29, 0.717) is 12.5 Å². The Morgan fingerprint density at radius 2 is 2.00 bits per heavy atom. The Hall–Kier alpha value is -1.85. The van der Waals surface area contributed by atoms with Crippen LogP contribution < -0.4 is 10.9 Å². The summed E-state index contributed by atoms with van der Waals surface area (Å²) in [5, 5.41) is 4.97. The quantitative estimate of drug-likeness (QED) is 0.692. The monoisotopic (exact) mass is 387 g/mol. The maximum absolute atomic E-state index is 13.1. The summed E-state index contributed by atoms with van der Waals surface area (Å²) < 4.78 is 1.77. The summed E-state index contributed by atoms with van der Waals surface area (Å²) in [7, 11) is 0. The number of benzene rings is 1. The molecule has 0 bridgehead atoms. The molecule has 1 N–H and O–H groups in total. The Morgan fingerprint density at radius 1 is 1.23 bits per heavy atom. The lowest BCUT2D eigenvalue weighted by Gasteiger charge is -2.13. The minimum absolute atomic E-state index is 0.103. The Morgan fingerprint density at radius 3 is 2.77 bits per heavy atom. The van der Waals surface area contributed by atoms with Crippen molar-refractivity contribution in [2.24, 2.45) is 0 Å². The van der Waals surface area contributed by atoms with Crippen LogP contribution in [-0.2, 0) is 25.8 Å². The van der Waals surface area contributed by atoms with E-state index in [1.165, 1.54) is 28.8 Å². The van der Waals surface area contributed by atoms with Crippen molar-refractivity contribution in [2.75, 3.05) is 11.9 Å². The van der Waals surface area contributed by atoms with Crippen LogP contribution in [0.5, 0.6) is 0 Å². The van der Waals surface area contributed by atoms with Gasteiger partial charge in [-0.1, -0.05) is 23.7 Å². The molecule has 0 saturated carbocycles. The molecule has 136 valence electrons. The number of halogens is 1. The van der Waals surface area contributed by atoms with Crippen LogP contribution in [0, 0.1) is 0 Å². The van der Waals surface area contributed by atoms with E-state index in [4.69, 9.17) is 16.6 Å². The van der Waals surface area contributed by atoms with Crippen LogP contribution in [-0.4, -0.2) is 16.1 Å². The molecule has 0 saturated heterocycles. The first kappa shape index (κ1) is 17.6. The van der Waals surface area contributed by atoms with Crippen molar-refractivity contribution in [2.45, 2.75) is 45.6 Å². The average molecular weight is 388 g/mol. The van der Waals surface area contributed by atoms with E-state index in [1.807, 2.05) is 31.2 Å². The van der Waals surface area contributed by atoms with Gasteiger partial charge in [0, 0.05) is 23.0 Å². The third-order valence-corrected chi connectivity index (χ3v) is 6.44. The molecule has 0 aliphatic heterocycles. The lowest BCUT2D eigenvalue weighted by atomic mass is 9.97. The average Bonchev–Trinajstić information content (AvgIpc) is 3.02. The Kier molecular flexibility index (Phi) is 5.00. The van der Waals surface area contributed by atoms with E-state index in [1.54, 1.807) is 15.9 Å². The van der Waals surface area contributed by atoms with Crippen LogP contribution in [0.4, 0.5) is 5.95 Å². The fourth-order valence-electron chi connectivity index (χ4n) is 3.64. The van der Waals surface area contributed by atoms with Gasteiger partial charge in [-0.2, -0.15) is 0 Å². The van der Waals surface area contributed by atoms with Crippen molar-refractivity contribution in [3.63, 3.8) is 0 Å². The predicted octanol–water partition coefficient (Wildman–Crippen LogP) is 4.66. The molecular weight excluding hydrogens is 366 g/mol. The Bertz CT molecular complexity index is 991. The predicted molar refractivity (Wildman–Crippen MR) is 110 cm³/mol. The Labute approximate surface area is 161 Å². The van der Waals surface area contributed by atoms with Crippen LogP contribution in [0.1, 0.15) is 35.8 Å². The molecule has 2 aromatic heterocycles. The van der Waals surface area contributed by atoms with Gasteiger partial charge in [-0.3, -0.25) is 9.36 Å². The van der Waals surface area contributed by atoms with Crippen molar-refractivity contribution < 1.29 is 0 Å². The van der Waals surface area contributed by atoms with Gasteiger partial charge in [-0.05, 0) is 62.3 Å². The summed E-state index contributed by atoms with van der Waals surface area (Å²) in [6.07, 6.45) is 5.34. The van der Waals surface area contributed by atoms with Gasteiger partial charge in [0.2, 0.25) is 5.95 Å². The molecule has 0 radical (unpaired) electrons. The standard InChI is InChI=1S/C20H22ClN3OS/c1-2-24-19(25)17-15-5-3-4-6-16(15)26-18(17)23-20(24)22-12-11-13-7-9-14(21)10-8-13/h7-10H,2-6,11-12H2,1H3,(H,22,23). The first-order valence-corrected chi connectivity index (χ1v) is 10.4. The van der Waals surface area contributed by atoms with E-state index >= 15 is 0 Å². The zero-order valence-corrected chi connectivity index (χ0v) is 16.4. The second-order valence-corrected chi connectivity index (χ2v) is 8.20. The van der Waals surface area contributed by atoms with Gasteiger partial charge in [0.15, 0.2) is 0 Å². The van der Waals surface area contributed by atoms with Crippen LogP contribution in [0.3, 0.4) is 0 Å². The van der Waals surface area contributed by atoms with Crippen LogP contribution >= 0.6 is 22.9 Å². The van der Waals surface area contributed by atoms with Crippen LogP contribution in [0.25, 0.3) is 10.2 Å². The van der Waals surface area contributed by atoms with Gasteiger partial charge >= 0.3 is 0 Å². The first-order chi connectivity index (χ1) is 12.7. The number of anilines is 1. The van der Waals surface area contributed by atoms with Crippen LogP contribution in [0.2, 0.25) is 5.02 Å². The minimum atomic E-state index is 0.103. The largest absolute Gasteiger partial charge is 0.355 e. The molecule has 4 rings (SSSR count). The number of nitrogens with zero attached hydrogens (tertiary/aromatic N) is 2. The fraction of sp³-hybridized carbons (Fsp3) is 0.400. The molecule has 0 atom stereocenters. The summed E-state index contributed by atoms with van der Waals surface area (Å²) >= 11 is 7.63. The summed E-state index contributed by atoms with van der Waals surface area (Å²) in [5.74, 6) is 0.678. The van der Waals surface area contributed by atoms with Crippen molar-refractivity contribution >= 4 is 39.1 Å². The maximum atomic E-state index is 13.1. The van der Waals surface area contributed by atoms with Crippen molar-refractivity contribution in [3.8, 4) is 0 Å². The van der Waals surface area contributed by atoms with Gasteiger partial charge in [-0.15, -0.1) is 11.3 Å². The normalized spacial score (nSPS) is 13.8. The number of nitrogens with one attached hydrogen (secondary N) is 1. The zero-order chi connectivity index (χ0) is 18.1. The van der Waals surface area contributed by atoms with Crippen molar-refractivity contribution in [1.29, 1.82) is 0 Å². The van der Waals surface area contributed by atoms with Gasteiger partial charge in [-0.25, -0.2) is 4.98 Å². The third kappa shape index (κ3) is 3.26. The summed E-state index contributed by atoms with van der Waals surface area (Å²) in [6, 6.07) is 7.86. The van der Waals surface area contributed by atoms with Gasteiger partial charge in [0.1, 0.15) is 4.83 Å². The number of hydrogen-bond acceptors (Lipinski definition) is 4. The van der Waals surface area contributed by atoms with Gasteiger partial charge in [0.05, 0.1) is 5.39 Å². The number of aromatic nitrogens is 2. The molecule has 6 heteroatoms. The lowest BCUT2D eigenvalue weighted by molar-refractivity contribution is 0.695. The highest BCUT2D eigenvalue weighted by Gasteiger charge is 2.21. The molecule has 0 unspecified atom stereocenters. The van der Waals surface area contributed by atoms with Crippen molar-refractivity contribution in [1.82, 2.24) is 9.55 Å². The van der Waals surface area contributed by atoms with E-state index in [-0.39, 0.29) is 5.56 Å². The fourth-order valence-corrected chi connectivity index (χ4v) is 5.01.